The van der Waals surface area contributed by atoms with Crippen molar-refractivity contribution in [2.24, 2.45) is 21.1 Å². The quantitative estimate of drug-likeness (QED) is 0.109. The Morgan fingerprint density at radius 1 is 0.238 bits per heavy atom. The Bertz CT molecular complexity index is 7970. The zero-order chi connectivity index (χ0) is 82.0. The maximum Gasteiger partial charge on any atom is 2.00 e. The van der Waals surface area contributed by atoms with Crippen molar-refractivity contribution in [1.29, 1.82) is 0 Å². The molecule has 0 spiro atoms. The summed E-state index contributed by atoms with van der Waals surface area (Å²) >= 11 is 0. The molecule has 126 heavy (non-hydrogen) atoms. The number of rotatable bonds is 12. The van der Waals surface area contributed by atoms with Crippen LogP contribution in [0.15, 0.2) is 365 Å². The molecule has 0 radical (unpaired) electrons. The van der Waals surface area contributed by atoms with E-state index in [-0.39, 0.29) is 63.2 Å². The number of pyridine rings is 6. The van der Waals surface area contributed by atoms with Crippen LogP contribution < -0.4 is 0 Å². The van der Waals surface area contributed by atoms with Gasteiger partial charge in [-0.2, -0.15) is 0 Å². The summed E-state index contributed by atoms with van der Waals surface area (Å²) in [5, 5.41) is 6.93. The number of hydrogen-bond donors (Lipinski definition) is 0. The Hall–Kier alpha value is -14.6. The second-order valence-corrected chi connectivity index (χ2v) is 30.2. The van der Waals surface area contributed by atoms with E-state index in [1.807, 2.05) is 128 Å². The molecular formula is C108H69N15Pt3. The Balaban J connectivity index is 0.000000122. The largest absolute Gasteiger partial charge is 2.00 e. The van der Waals surface area contributed by atoms with Gasteiger partial charge in [-0.1, -0.05) is 150 Å². The zero-order valence-electron chi connectivity index (χ0n) is 67.8. The van der Waals surface area contributed by atoms with Gasteiger partial charge in [-0.3, -0.25) is 29.9 Å². The van der Waals surface area contributed by atoms with Crippen LogP contribution >= 0.6 is 0 Å². The Kier molecular flexibility index (Phi) is 22.3. The van der Waals surface area contributed by atoms with Crippen LogP contribution in [0.4, 0.5) is 0 Å². The standard InChI is InChI=1S/3C36H23N5.3Pt/c1-40-33-16-7-13-28(26-10-8-19-37-23-26)35(33)39-36(40)25-17-18-30-29-12-2-3-15-32(29)41(34(30)22-25)27-11-6-9-24(21-27)31-14-4-5-20-38-31;1-40-34-17-15-24(27-9-7-18-37-23-27)21-32(34)39-36(40)26-14-16-30-29-11-2-3-13-33(29)41(35(30)22-26)28-10-6-8-25(20-28)31-12-4-5-19-38-31;1-40-35-21-24(27-9-7-18-37-23-27)15-17-32(35)39-36(40)26-14-16-30-29-11-2-3-13-33(29)41(34(30)22-26)28-10-6-8-25(20-28)31-12-4-5-19-38-31;;;/h2-20,23H,1H3;2*2-19,21,23H,1H3;;;/q3*-2;3*+2. The summed E-state index contributed by atoms with van der Waals surface area (Å²) in [6.07, 6.45) is 16.5. The summed E-state index contributed by atoms with van der Waals surface area (Å²) in [6.45, 7) is 0. The third-order valence-electron chi connectivity index (χ3n) is 23.0. The average Bonchev–Trinajstić information content (AvgIpc) is 1.59. The molecule has 0 saturated carbocycles. The summed E-state index contributed by atoms with van der Waals surface area (Å²) in [5.41, 5.74) is 29.9. The van der Waals surface area contributed by atoms with E-state index in [0.29, 0.717) is 0 Å². The summed E-state index contributed by atoms with van der Waals surface area (Å²) in [5.74, 6) is 2.60. The molecule has 12 aromatic carbocycles. The molecule has 0 N–H and O–H groups in total. The van der Waals surface area contributed by atoms with Crippen molar-refractivity contribution >= 4 is 98.5 Å². The second-order valence-electron chi connectivity index (χ2n) is 30.2. The molecule has 0 saturated heterocycles. The molecule has 24 rings (SSSR count). The SMILES string of the molecule is Cn1c(-c2[c-]c3c(cc2)c2ccccc2n3-c2[c-]c(-c3ccccn3)ccc2)nc2c(-c3cccnc3)cccc21.Cn1c(-c2[c-]c3c(cc2)c2ccccc2n3-c2[c-]c(-c3ccccn3)ccc2)nc2cc(-c3cccnc3)ccc21.Cn1c(-c2[c-]c3c(cc2)c2ccccc2n3-c2[c-]c(-c3ccccn3)ccc2)nc2ccc(-c3cccnc3)cc21.[Pt+2].[Pt+2].[Pt+2]. The first-order chi connectivity index (χ1) is 60.7. The van der Waals surface area contributed by atoms with Gasteiger partial charge in [-0.15, -0.1) is 161 Å². The van der Waals surface area contributed by atoms with Crippen LogP contribution in [0.3, 0.4) is 0 Å². The number of benzene rings is 12. The van der Waals surface area contributed by atoms with E-state index in [9.17, 15) is 0 Å². The fraction of sp³-hybridized carbons (Fsp3) is 0.0278. The topological polar surface area (TPSA) is 146 Å². The number of fused-ring (bicyclic) bond motifs is 12. The molecule has 0 bridgehead atoms. The van der Waals surface area contributed by atoms with Gasteiger partial charge in [-0.25, -0.2) is 0 Å². The van der Waals surface area contributed by atoms with Crippen LogP contribution in [-0.2, 0) is 84.3 Å². The van der Waals surface area contributed by atoms with E-state index in [0.717, 1.165) is 201 Å². The van der Waals surface area contributed by atoms with Crippen molar-refractivity contribution in [3.05, 3.63) is 402 Å². The minimum absolute atomic E-state index is 0. The summed E-state index contributed by atoms with van der Waals surface area (Å²) < 4.78 is 13.2. The van der Waals surface area contributed by atoms with Crippen molar-refractivity contribution in [2.45, 2.75) is 0 Å². The predicted molar refractivity (Wildman–Crippen MR) is 494 cm³/mol. The molecule has 0 unspecified atom stereocenters. The molecule has 0 amide bonds. The summed E-state index contributed by atoms with van der Waals surface area (Å²) in [4.78, 5) is 41.8. The molecule has 18 heteroatoms. The van der Waals surface area contributed by atoms with Gasteiger partial charge >= 0.3 is 63.2 Å². The molecule has 15 nitrogen and oxygen atoms in total. The molecule has 0 fully saturated rings. The van der Waals surface area contributed by atoms with Gasteiger partial charge in [0, 0.05) is 116 Å². The minimum atomic E-state index is 0. The van der Waals surface area contributed by atoms with Gasteiger partial charge in [-0.05, 0) is 163 Å². The van der Waals surface area contributed by atoms with Gasteiger partial charge in [0.2, 0.25) is 0 Å². The third kappa shape index (κ3) is 14.7. The normalized spacial score (nSPS) is 11.3. The van der Waals surface area contributed by atoms with Gasteiger partial charge < -0.3 is 42.4 Å². The smallest absolute Gasteiger partial charge is 0.367 e. The van der Waals surface area contributed by atoms with Crippen LogP contribution in [0.2, 0.25) is 0 Å². The Labute approximate surface area is 768 Å². The Morgan fingerprint density at radius 3 is 1.06 bits per heavy atom. The molecule has 12 aromatic heterocycles. The van der Waals surface area contributed by atoms with Crippen molar-refractivity contribution < 1.29 is 63.2 Å². The molecule has 0 aliphatic heterocycles. The molecule has 0 atom stereocenters. The maximum absolute atomic E-state index is 5.15. The fourth-order valence-corrected chi connectivity index (χ4v) is 17.1. The Morgan fingerprint density at radius 2 is 0.619 bits per heavy atom. The first kappa shape index (κ1) is 81.1. The van der Waals surface area contributed by atoms with Gasteiger partial charge in [0.25, 0.3) is 0 Å². The minimum Gasteiger partial charge on any atom is -0.367 e. The number of hydrogen-bond acceptors (Lipinski definition) is 9. The van der Waals surface area contributed by atoms with Crippen LogP contribution in [0, 0.1) is 36.4 Å². The van der Waals surface area contributed by atoms with E-state index in [4.69, 9.17) is 15.0 Å². The summed E-state index contributed by atoms with van der Waals surface area (Å²) in [6, 6.07) is 128. The predicted octanol–water partition coefficient (Wildman–Crippen LogP) is 24.2. The molecular weight excluding hydrogens is 2090 g/mol. The van der Waals surface area contributed by atoms with Crippen LogP contribution in [0.25, 0.3) is 217 Å². The number of para-hydroxylation sites is 4. The number of aromatic nitrogens is 15. The van der Waals surface area contributed by atoms with Crippen molar-refractivity contribution in [1.82, 2.24) is 72.3 Å². The number of aryl methyl sites for hydroxylation is 3. The first-order valence-electron chi connectivity index (χ1n) is 40.5. The van der Waals surface area contributed by atoms with E-state index < -0.39 is 0 Å². The van der Waals surface area contributed by atoms with Crippen LogP contribution in [0.5, 0.6) is 0 Å². The van der Waals surface area contributed by atoms with E-state index in [1.54, 1.807) is 18.6 Å². The fourth-order valence-electron chi connectivity index (χ4n) is 17.1. The summed E-state index contributed by atoms with van der Waals surface area (Å²) in [7, 11) is 6.19. The molecule has 606 valence electrons. The molecule has 0 aliphatic carbocycles. The average molecular weight is 2160 g/mol. The molecule has 12 heterocycles. The van der Waals surface area contributed by atoms with E-state index >= 15 is 0 Å². The molecule has 24 aromatic rings. The second kappa shape index (κ2) is 34.6. The van der Waals surface area contributed by atoms with Crippen molar-refractivity contribution in [2.75, 3.05) is 0 Å². The van der Waals surface area contributed by atoms with Gasteiger partial charge in [0.1, 0.15) is 0 Å². The molecule has 0 aliphatic rings. The number of nitrogens with zero attached hydrogens (tertiary/aromatic N) is 15. The van der Waals surface area contributed by atoms with Crippen LogP contribution in [0.1, 0.15) is 0 Å². The maximum atomic E-state index is 5.15. The van der Waals surface area contributed by atoms with Gasteiger partial charge in [0.15, 0.2) is 0 Å². The first-order valence-corrected chi connectivity index (χ1v) is 40.5. The van der Waals surface area contributed by atoms with Gasteiger partial charge in [0.05, 0.1) is 50.6 Å². The zero-order valence-corrected chi connectivity index (χ0v) is 74.6. The van der Waals surface area contributed by atoms with E-state index in [1.165, 1.54) is 16.2 Å². The van der Waals surface area contributed by atoms with Crippen LogP contribution in [-0.4, -0.2) is 72.3 Å². The third-order valence-corrected chi connectivity index (χ3v) is 23.0. The monoisotopic (exact) mass is 2160 g/mol. The van der Waals surface area contributed by atoms with Crippen molar-refractivity contribution in [3.8, 4) is 118 Å². The van der Waals surface area contributed by atoms with Crippen molar-refractivity contribution in [3.63, 3.8) is 0 Å². The van der Waals surface area contributed by atoms with E-state index in [2.05, 4.69) is 333 Å². The number of imidazole rings is 3.